The summed E-state index contributed by atoms with van der Waals surface area (Å²) in [5.74, 6) is -0.0149. The lowest BCUT2D eigenvalue weighted by Gasteiger charge is -2.31. The molecule has 3 nitrogen and oxygen atoms in total. The van der Waals surface area contributed by atoms with Crippen molar-refractivity contribution in [3.63, 3.8) is 0 Å². The molecular formula is C17H23ClN2O. The summed E-state index contributed by atoms with van der Waals surface area (Å²) in [5, 5.41) is 3.79. The number of benzene rings is 1. The molecule has 1 aliphatic heterocycles. The van der Waals surface area contributed by atoms with Crippen LogP contribution in [0.25, 0.3) is 6.08 Å². The van der Waals surface area contributed by atoms with Crippen molar-refractivity contribution in [1.82, 2.24) is 10.2 Å². The molecule has 1 saturated heterocycles. The average molecular weight is 307 g/mol. The van der Waals surface area contributed by atoms with Gasteiger partial charge in [0.15, 0.2) is 0 Å². The molecule has 0 unspecified atom stereocenters. The van der Waals surface area contributed by atoms with E-state index in [0.717, 1.165) is 38.0 Å². The molecule has 0 atom stereocenters. The molecule has 1 fully saturated rings. The fourth-order valence-electron chi connectivity index (χ4n) is 2.61. The molecule has 4 heteroatoms. The van der Waals surface area contributed by atoms with Crippen LogP contribution in [0.4, 0.5) is 0 Å². The van der Waals surface area contributed by atoms with Gasteiger partial charge in [-0.05, 0) is 49.6 Å². The minimum absolute atomic E-state index is 0.0149. The van der Waals surface area contributed by atoms with Gasteiger partial charge in [-0.3, -0.25) is 4.79 Å². The van der Waals surface area contributed by atoms with Gasteiger partial charge in [0.05, 0.1) is 0 Å². The highest BCUT2D eigenvalue weighted by molar-refractivity contribution is 6.30. The molecule has 1 amide bonds. The summed E-state index contributed by atoms with van der Waals surface area (Å²) < 4.78 is 0. The minimum atomic E-state index is -0.0149. The number of hydrogen-bond donors (Lipinski definition) is 1. The summed E-state index contributed by atoms with van der Waals surface area (Å²) in [6.45, 7) is 5.53. The predicted molar refractivity (Wildman–Crippen MR) is 88.4 cm³/mol. The quantitative estimate of drug-likeness (QED) is 0.846. The van der Waals surface area contributed by atoms with Gasteiger partial charge in [-0.15, -0.1) is 0 Å². The van der Waals surface area contributed by atoms with Crippen LogP contribution in [0.3, 0.4) is 0 Å². The number of carbonyl (C=O) groups is 1. The highest BCUT2D eigenvalue weighted by Gasteiger charge is 2.19. The molecule has 2 rings (SSSR count). The van der Waals surface area contributed by atoms with Crippen LogP contribution < -0.4 is 5.32 Å². The van der Waals surface area contributed by atoms with E-state index < -0.39 is 0 Å². The number of likely N-dealkylation sites (tertiary alicyclic amines) is 1. The molecule has 1 aromatic carbocycles. The Morgan fingerprint density at radius 3 is 2.62 bits per heavy atom. The number of piperidine rings is 1. The Balaban J connectivity index is 1.76. The van der Waals surface area contributed by atoms with E-state index in [1.165, 1.54) is 6.42 Å². The van der Waals surface area contributed by atoms with Gasteiger partial charge < -0.3 is 10.2 Å². The fraction of sp³-hybridized carbons (Fsp3) is 0.471. The summed E-state index contributed by atoms with van der Waals surface area (Å²) in [6, 6.07) is 7.75. The van der Waals surface area contributed by atoms with Gasteiger partial charge in [0.1, 0.15) is 0 Å². The second-order valence-corrected chi connectivity index (χ2v) is 5.95. The Labute approximate surface area is 132 Å². The molecule has 0 spiro atoms. The Morgan fingerprint density at radius 2 is 2.00 bits per heavy atom. The highest BCUT2D eigenvalue weighted by atomic mass is 35.5. The van der Waals surface area contributed by atoms with Gasteiger partial charge in [-0.25, -0.2) is 0 Å². The molecule has 21 heavy (non-hydrogen) atoms. The lowest BCUT2D eigenvalue weighted by molar-refractivity contribution is -0.117. The molecule has 0 radical (unpaired) electrons. The van der Waals surface area contributed by atoms with Gasteiger partial charge in [-0.1, -0.05) is 30.7 Å². The van der Waals surface area contributed by atoms with Crippen LogP contribution in [0.15, 0.2) is 30.3 Å². The summed E-state index contributed by atoms with van der Waals surface area (Å²) in [6.07, 6.45) is 6.70. The zero-order valence-electron chi connectivity index (χ0n) is 12.5. The predicted octanol–water partition coefficient (Wildman–Crippen LogP) is 3.34. The van der Waals surface area contributed by atoms with Crippen molar-refractivity contribution in [2.24, 2.45) is 0 Å². The molecule has 1 heterocycles. The Kier molecular flexibility index (Phi) is 6.27. The fourth-order valence-corrected chi connectivity index (χ4v) is 2.74. The van der Waals surface area contributed by atoms with Crippen LogP contribution in [-0.2, 0) is 4.79 Å². The van der Waals surface area contributed by atoms with E-state index in [2.05, 4.69) is 17.1 Å². The first-order valence-electron chi connectivity index (χ1n) is 7.64. The van der Waals surface area contributed by atoms with Gasteiger partial charge in [0.25, 0.3) is 0 Å². The van der Waals surface area contributed by atoms with E-state index >= 15 is 0 Å². The van der Waals surface area contributed by atoms with Crippen molar-refractivity contribution in [1.29, 1.82) is 0 Å². The molecule has 0 aliphatic carbocycles. The summed E-state index contributed by atoms with van der Waals surface area (Å²) in [5.41, 5.74) is 0.979. The van der Waals surface area contributed by atoms with Crippen LogP contribution in [-0.4, -0.2) is 36.5 Å². The maximum Gasteiger partial charge on any atom is 0.244 e. The van der Waals surface area contributed by atoms with Crippen molar-refractivity contribution >= 4 is 23.6 Å². The van der Waals surface area contributed by atoms with Crippen LogP contribution >= 0.6 is 11.6 Å². The second-order valence-electron chi connectivity index (χ2n) is 5.51. The number of hydrogen-bond acceptors (Lipinski definition) is 2. The van der Waals surface area contributed by atoms with E-state index in [1.807, 2.05) is 30.3 Å². The lowest BCUT2D eigenvalue weighted by atomic mass is 10.0. The summed E-state index contributed by atoms with van der Waals surface area (Å²) in [7, 11) is 0. The third-order valence-corrected chi connectivity index (χ3v) is 4.02. The van der Waals surface area contributed by atoms with E-state index in [4.69, 9.17) is 11.6 Å². The van der Waals surface area contributed by atoms with Crippen molar-refractivity contribution in [3.05, 3.63) is 40.9 Å². The van der Waals surface area contributed by atoms with E-state index in [-0.39, 0.29) is 5.91 Å². The molecule has 1 aliphatic rings. The third kappa shape index (κ3) is 5.52. The Morgan fingerprint density at radius 1 is 1.33 bits per heavy atom. The Bertz CT molecular complexity index is 476. The van der Waals surface area contributed by atoms with E-state index in [1.54, 1.807) is 6.08 Å². The van der Waals surface area contributed by atoms with Crippen LogP contribution in [0, 0.1) is 0 Å². The largest absolute Gasteiger partial charge is 0.350 e. The smallest absolute Gasteiger partial charge is 0.244 e. The molecule has 1 aromatic rings. The van der Waals surface area contributed by atoms with Gasteiger partial charge >= 0.3 is 0 Å². The molecule has 0 saturated carbocycles. The zero-order chi connectivity index (χ0) is 15.1. The molecule has 0 aromatic heterocycles. The first kappa shape index (κ1) is 16.1. The number of amides is 1. The van der Waals surface area contributed by atoms with Gasteiger partial charge in [0, 0.05) is 30.2 Å². The molecule has 114 valence electrons. The van der Waals surface area contributed by atoms with Crippen molar-refractivity contribution in [2.45, 2.75) is 32.2 Å². The number of carbonyl (C=O) groups excluding carboxylic acids is 1. The first-order chi connectivity index (χ1) is 10.2. The van der Waals surface area contributed by atoms with Gasteiger partial charge in [0.2, 0.25) is 5.91 Å². The normalized spacial score (nSPS) is 17.2. The third-order valence-electron chi connectivity index (χ3n) is 3.77. The zero-order valence-corrected chi connectivity index (χ0v) is 13.3. The highest BCUT2D eigenvalue weighted by Crippen LogP contribution is 2.12. The monoisotopic (exact) mass is 306 g/mol. The number of nitrogens with zero attached hydrogens (tertiary/aromatic N) is 1. The van der Waals surface area contributed by atoms with Crippen LogP contribution in [0.2, 0.25) is 5.02 Å². The van der Waals surface area contributed by atoms with Crippen LogP contribution in [0.5, 0.6) is 0 Å². The number of nitrogens with one attached hydrogen (secondary N) is 1. The SMILES string of the molecule is CCCN1CCC(NC(=O)/C=C/c2ccc(Cl)cc2)CC1. The summed E-state index contributed by atoms with van der Waals surface area (Å²) in [4.78, 5) is 14.4. The van der Waals surface area contributed by atoms with Crippen LogP contribution in [0.1, 0.15) is 31.7 Å². The van der Waals surface area contributed by atoms with Crippen molar-refractivity contribution in [2.75, 3.05) is 19.6 Å². The molecule has 0 bridgehead atoms. The van der Waals surface area contributed by atoms with Crippen molar-refractivity contribution < 1.29 is 4.79 Å². The molecular weight excluding hydrogens is 284 g/mol. The van der Waals surface area contributed by atoms with E-state index in [9.17, 15) is 4.79 Å². The maximum atomic E-state index is 11.9. The standard InChI is InChI=1S/C17H23ClN2O/c1-2-11-20-12-9-16(10-13-20)19-17(21)8-5-14-3-6-15(18)7-4-14/h3-8,16H,2,9-13H2,1H3,(H,19,21)/b8-5+. The molecule has 1 N–H and O–H groups in total. The number of halogens is 1. The Hall–Kier alpha value is -1.32. The lowest BCUT2D eigenvalue weighted by Crippen LogP contribution is -2.44. The van der Waals surface area contributed by atoms with E-state index in [0.29, 0.717) is 11.1 Å². The maximum absolute atomic E-state index is 11.9. The topological polar surface area (TPSA) is 32.3 Å². The first-order valence-corrected chi connectivity index (χ1v) is 8.01. The van der Waals surface area contributed by atoms with Crippen molar-refractivity contribution in [3.8, 4) is 0 Å². The summed E-state index contributed by atoms with van der Waals surface area (Å²) >= 11 is 5.83. The average Bonchev–Trinajstić information content (AvgIpc) is 2.49. The van der Waals surface area contributed by atoms with Gasteiger partial charge in [-0.2, -0.15) is 0 Å². The number of rotatable bonds is 5. The minimum Gasteiger partial charge on any atom is -0.350 e. The second kappa shape index (κ2) is 8.20.